The smallest absolute Gasteiger partial charge is 0.130 e. The van der Waals surface area contributed by atoms with E-state index in [1.165, 1.54) is 18.2 Å². The Bertz CT molecular complexity index is 552. The monoisotopic (exact) mass is 263 g/mol. The van der Waals surface area contributed by atoms with Crippen molar-refractivity contribution in [2.24, 2.45) is 0 Å². The molecule has 2 nitrogen and oxygen atoms in total. The van der Waals surface area contributed by atoms with Crippen LogP contribution in [0, 0.1) is 11.6 Å². The van der Waals surface area contributed by atoms with Gasteiger partial charge >= 0.3 is 0 Å². The van der Waals surface area contributed by atoms with Crippen molar-refractivity contribution in [3.63, 3.8) is 0 Å². The van der Waals surface area contributed by atoms with E-state index in [1.807, 2.05) is 13.0 Å². The Morgan fingerprint density at radius 1 is 1.11 bits per heavy atom. The van der Waals surface area contributed by atoms with E-state index in [2.05, 4.69) is 5.32 Å². The quantitative estimate of drug-likeness (QED) is 0.884. The average Bonchev–Trinajstić information content (AvgIpc) is 2.38. The maximum Gasteiger partial charge on any atom is 0.130 e. The molecule has 0 aliphatic heterocycles. The minimum atomic E-state index is -0.560. The number of nitrogens with one attached hydrogen (secondary N) is 1. The van der Waals surface area contributed by atoms with Gasteiger partial charge in [-0.1, -0.05) is 18.2 Å². The van der Waals surface area contributed by atoms with Gasteiger partial charge in [0.2, 0.25) is 0 Å². The lowest BCUT2D eigenvalue weighted by Crippen LogP contribution is -2.19. The largest absolute Gasteiger partial charge is 0.508 e. The van der Waals surface area contributed by atoms with Crippen molar-refractivity contribution in [3.05, 3.63) is 65.2 Å². The van der Waals surface area contributed by atoms with Crippen LogP contribution in [0.25, 0.3) is 0 Å². The fraction of sp³-hybridized carbons (Fsp3) is 0.200. The topological polar surface area (TPSA) is 32.3 Å². The van der Waals surface area contributed by atoms with E-state index >= 15 is 0 Å². The molecular weight excluding hydrogens is 248 g/mol. The second kappa shape index (κ2) is 5.80. The normalized spacial score (nSPS) is 12.4. The molecular formula is C15H15F2NO. The van der Waals surface area contributed by atoms with Crippen LogP contribution in [-0.4, -0.2) is 5.11 Å². The summed E-state index contributed by atoms with van der Waals surface area (Å²) in [5.74, 6) is -0.950. The molecule has 0 fully saturated rings. The molecule has 1 atom stereocenters. The number of benzene rings is 2. The highest BCUT2D eigenvalue weighted by Gasteiger charge is 2.11. The summed E-state index contributed by atoms with van der Waals surface area (Å²) in [5.41, 5.74) is 0.881. The summed E-state index contributed by atoms with van der Waals surface area (Å²) in [5, 5.41) is 12.4. The maximum atomic E-state index is 13.4. The summed E-state index contributed by atoms with van der Waals surface area (Å²) in [6.45, 7) is 1.96. The van der Waals surface area contributed by atoms with Crippen LogP contribution in [0.5, 0.6) is 5.75 Å². The molecule has 2 aromatic carbocycles. The Balaban J connectivity index is 2.06. The first-order chi connectivity index (χ1) is 9.08. The van der Waals surface area contributed by atoms with Crippen molar-refractivity contribution in [3.8, 4) is 5.75 Å². The zero-order chi connectivity index (χ0) is 13.8. The fourth-order valence-corrected chi connectivity index (χ4v) is 1.87. The summed E-state index contributed by atoms with van der Waals surface area (Å²) in [6.07, 6.45) is 0. The molecule has 0 radical (unpaired) electrons. The molecule has 0 amide bonds. The molecule has 0 aliphatic carbocycles. The van der Waals surface area contributed by atoms with Crippen molar-refractivity contribution in [2.75, 3.05) is 0 Å². The Kier molecular flexibility index (Phi) is 4.12. The number of rotatable bonds is 4. The van der Waals surface area contributed by atoms with Gasteiger partial charge in [0.05, 0.1) is 0 Å². The zero-order valence-corrected chi connectivity index (χ0v) is 10.5. The summed E-state index contributed by atoms with van der Waals surface area (Å²) in [4.78, 5) is 0. The lowest BCUT2D eigenvalue weighted by atomic mass is 10.1. The molecule has 100 valence electrons. The van der Waals surface area contributed by atoms with Gasteiger partial charge in [-0.2, -0.15) is 0 Å². The molecule has 4 heteroatoms. The molecule has 0 bridgehead atoms. The third kappa shape index (κ3) is 3.29. The number of halogens is 2. The lowest BCUT2D eigenvalue weighted by Gasteiger charge is -2.15. The molecule has 0 aliphatic rings. The van der Waals surface area contributed by atoms with E-state index in [4.69, 9.17) is 0 Å². The van der Waals surface area contributed by atoms with Crippen molar-refractivity contribution in [1.29, 1.82) is 0 Å². The van der Waals surface area contributed by atoms with Gasteiger partial charge in [-0.15, -0.1) is 0 Å². The van der Waals surface area contributed by atoms with Crippen LogP contribution >= 0.6 is 0 Å². The molecule has 1 unspecified atom stereocenters. The number of aromatic hydroxyl groups is 1. The van der Waals surface area contributed by atoms with Crippen LogP contribution < -0.4 is 5.32 Å². The Morgan fingerprint density at radius 3 is 2.37 bits per heavy atom. The van der Waals surface area contributed by atoms with Crippen molar-refractivity contribution in [1.82, 2.24) is 5.32 Å². The van der Waals surface area contributed by atoms with Crippen LogP contribution in [0.15, 0.2) is 42.5 Å². The van der Waals surface area contributed by atoms with E-state index < -0.39 is 11.6 Å². The van der Waals surface area contributed by atoms with Crippen LogP contribution in [0.3, 0.4) is 0 Å². The molecule has 0 spiro atoms. The van der Waals surface area contributed by atoms with Crippen molar-refractivity contribution < 1.29 is 13.9 Å². The van der Waals surface area contributed by atoms with Gasteiger partial charge in [0.25, 0.3) is 0 Å². The highest BCUT2D eigenvalue weighted by atomic mass is 19.1. The molecule has 0 saturated carbocycles. The molecule has 0 aromatic heterocycles. The van der Waals surface area contributed by atoms with E-state index in [0.717, 1.165) is 5.56 Å². The van der Waals surface area contributed by atoms with Crippen LogP contribution in [-0.2, 0) is 6.54 Å². The van der Waals surface area contributed by atoms with Crippen molar-refractivity contribution >= 4 is 0 Å². The Morgan fingerprint density at radius 2 is 1.74 bits per heavy atom. The minimum Gasteiger partial charge on any atom is -0.508 e. The van der Waals surface area contributed by atoms with Crippen LogP contribution in [0.4, 0.5) is 8.78 Å². The second-order valence-corrected chi connectivity index (χ2v) is 4.40. The number of phenols is 1. The summed E-state index contributed by atoms with van der Waals surface area (Å²) in [7, 11) is 0. The van der Waals surface area contributed by atoms with Gasteiger partial charge in [0.15, 0.2) is 0 Å². The fourth-order valence-electron chi connectivity index (χ4n) is 1.87. The van der Waals surface area contributed by atoms with Crippen LogP contribution in [0.2, 0.25) is 0 Å². The van der Waals surface area contributed by atoms with Gasteiger partial charge in [-0.25, -0.2) is 8.78 Å². The highest BCUT2D eigenvalue weighted by Crippen LogP contribution is 2.19. The third-order valence-corrected chi connectivity index (χ3v) is 3.02. The Hall–Kier alpha value is -1.94. The molecule has 0 saturated heterocycles. The van der Waals surface area contributed by atoms with Gasteiger partial charge in [-0.05, 0) is 36.8 Å². The SMILES string of the molecule is CC(NCc1c(F)cccc1F)c1cccc(O)c1. The predicted molar refractivity (Wildman–Crippen MR) is 69.7 cm³/mol. The predicted octanol–water partition coefficient (Wildman–Crippen LogP) is 3.52. The first-order valence-electron chi connectivity index (χ1n) is 6.03. The lowest BCUT2D eigenvalue weighted by molar-refractivity contribution is 0.470. The molecule has 2 aromatic rings. The first kappa shape index (κ1) is 13.5. The second-order valence-electron chi connectivity index (χ2n) is 4.40. The standard InChI is InChI=1S/C15H15F2NO/c1-10(11-4-2-5-12(19)8-11)18-9-13-14(16)6-3-7-15(13)17/h2-8,10,18-19H,9H2,1H3. The van der Waals surface area contributed by atoms with Gasteiger partial charge in [0.1, 0.15) is 17.4 Å². The Labute approximate surface area is 110 Å². The van der Waals surface area contributed by atoms with E-state index in [1.54, 1.807) is 18.2 Å². The summed E-state index contributed by atoms with van der Waals surface area (Å²) in [6, 6.07) is 10.5. The van der Waals surface area contributed by atoms with Crippen molar-refractivity contribution in [2.45, 2.75) is 19.5 Å². The van der Waals surface area contributed by atoms with E-state index in [9.17, 15) is 13.9 Å². The summed E-state index contributed by atoms with van der Waals surface area (Å²) >= 11 is 0. The zero-order valence-electron chi connectivity index (χ0n) is 10.5. The summed E-state index contributed by atoms with van der Waals surface area (Å²) < 4.78 is 26.9. The number of hydrogen-bond acceptors (Lipinski definition) is 2. The number of phenolic OH excluding ortho intramolecular Hbond substituents is 1. The number of hydrogen-bond donors (Lipinski definition) is 2. The maximum absolute atomic E-state index is 13.4. The minimum absolute atomic E-state index is 0.0227. The molecule has 0 heterocycles. The third-order valence-electron chi connectivity index (χ3n) is 3.02. The van der Waals surface area contributed by atoms with E-state index in [-0.39, 0.29) is 23.9 Å². The molecule has 2 N–H and O–H groups in total. The van der Waals surface area contributed by atoms with Crippen LogP contribution in [0.1, 0.15) is 24.1 Å². The molecule has 2 rings (SSSR count). The van der Waals surface area contributed by atoms with Gasteiger partial charge < -0.3 is 10.4 Å². The highest BCUT2D eigenvalue weighted by molar-refractivity contribution is 5.29. The first-order valence-corrected chi connectivity index (χ1v) is 6.03. The molecule has 19 heavy (non-hydrogen) atoms. The van der Waals surface area contributed by atoms with Gasteiger partial charge in [-0.3, -0.25) is 0 Å². The van der Waals surface area contributed by atoms with E-state index in [0.29, 0.717) is 0 Å². The van der Waals surface area contributed by atoms with Gasteiger partial charge in [0, 0.05) is 18.2 Å². The average molecular weight is 263 g/mol.